The zero-order chi connectivity index (χ0) is 8.84. The Bertz CT molecular complexity index is 251. The molecule has 0 unspecified atom stereocenters. The van der Waals surface area contributed by atoms with Crippen molar-refractivity contribution in [2.45, 2.75) is 32.3 Å². The Morgan fingerprint density at radius 1 is 1.46 bits per heavy atom. The van der Waals surface area contributed by atoms with Crippen molar-refractivity contribution in [1.82, 2.24) is 0 Å². The van der Waals surface area contributed by atoms with Gasteiger partial charge < -0.3 is 9.57 Å². The zero-order valence-corrected chi connectivity index (χ0v) is 7.90. The summed E-state index contributed by atoms with van der Waals surface area (Å²) in [6.07, 6.45) is 4.38. The number of oxime groups is 1. The molecule has 0 aromatic rings. The lowest BCUT2D eigenvalue weighted by atomic mass is 9.87. The SMILES string of the molecule is CCOC1=NO[C@H]2[C@H]3CC[C@@H](C3)[C@@H]12. The fourth-order valence-electron chi connectivity index (χ4n) is 3.18. The Morgan fingerprint density at radius 2 is 2.31 bits per heavy atom. The van der Waals surface area contributed by atoms with Crippen LogP contribution in [0.2, 0.25) is 0 Å². The number of fused-ring (bicyclic) bond motifs is 5. The lowest BCUT2D eigenvalue weighted by Crippen LogP contribution is -2.30. The first-order valence-electron chi connectivity index (χ1n) is 5.26. The van der Waals surface area contributed by atoms with Gasteiger partial charge in [-0.05, 0) is 38.0 Å². The molecule has 0 N–H and O–H groups in total. The molecular formula is C10H15NO2. The van der Waals surface area contributed by atoms with Crippen molar-refractivity contribution < 1.29 is 9.57 Å². The molecule has 3 rings (SSSR count). The van der Waals surface area contributed by atoms with Gasteiger partial charge in [0.1, 0.15) is 6.10 Å². The highest BCUT2D eigenvalue weighted by Crippen LogP contribution is 2.52. The number of rotatable bonds is 1. The molecule has 4 atom stereocenters. The molecule has 0 spiro atoms. The van der Waals surface area contributed by atoms with E-state index in [0.29, 0.717) is 18.6 Å². The van der Waals surface area contributed by atoms with Gasteiger partial charge in [-0.15, -0.1) is 0 Å². The summed E-state index contributed by atoms with van der Waals surface area (Å²) in [4.78, 5) is 5.44. The molecule has 0 amide bonds. The highest BCUT2D eigenvalue weighted by Gasteiger charge is 2.55. The topological polar surface area (TPSA) is 30.8 Å². The number of hydrogen-bond donors (Lipinski definition) is 0. The molecule has 1 aliphatic heterocycles. The van der Waals surface area contributed by atoms with E-state index in [9.17, 15) is 0 Å². The predicted octanol–water partition coefficient (Wildman–Crippen LogP) is 1.78. The first kappa shape index (κ1) is 7.65. The van der Waals surface area contributed by atoms with E-state index < -0.39 is 0 Å². The van der Waals surface area contributed by atoms with Crippen LogP contribution in [0.5, 0.6) is 0 Å². The maximum Gasteiger partial charge on any atom is 0.232 e. The van der Waals surface area contributed by atoms with Crippen molar-refractivity contribution in [2.75, 3.05) is 6.61 Å². The van der Waals surface area contributed by atoms with E-state index in [1.165, 1.54) is 19.3 Å². The lowest BCUT2D eigenvalue weighted by molar-refractivity contribution is 0.0274. The van der Waals surface area contributed by atoms with Crippen LogP contribution in [0.3, 0.4) is 0 Å². The fourth-order valence-corrected chi connectivity index (χ4v) is 3.18. The molecule has 2 fully saturated rings. The van der Waals surface area contributed by atoms with Gasteiger partial charge in [-0.25, -0.2) is 0 Å². The van der Waals surface area contributed by atoms with Crippen LogP contribution < -0.4 is 0 Å². The second kappa shape index (κ2) is 2.63. The summed E-state index contributed by atoms with van der Waals surface area (Å²) in [7, 11) is 0. The number of hydrogen-bond acceptors (Lipinski definition) is 3. The smallest absolute Gasteiger partial charge is 0.232 e. The second-order valence-electron chi connectivity index (χ2n) is 4.29. The zero-order valence-electron chi connectivity index (χ0n) is 7.90. The van der Waals surface area contributed by atoms with Crippen LogP contribution in [0.1, 0.15) is 26.2 Å². The molecule has 0 aromatic heterocycles. The monoisotopic (exact) mass is 181 g/mol. The van der Waals surface area contributed by atoms with Gasteiger partial charge >= 0.3 is 0 Å². The van der Waals surface area contributed by atoms with Crippen LogP contribution >= 0.6 is 0 Å². The third-order valence-electron chi connectivity index (χ3n) is 3.68. The van der Waals surface area contributed by atoms with Crippen LogP contribution in [0.4, 0.5) is 0 Å². The Hall–Kier alpha value is -0.730. The van der Waals surface area contributed by atoms with E-state index in [1.54, 1.807) is 0 Å². The maximum absolute atomic E-state index is 5.49. The molecule has 2 aliphatic carbocycles. The molecule has 3 aliphatic rings. The van der Waals surface area contributed by atoms with Crippen molar-refractivity contribution in [1.29, 1.82) is 0 Å². The normalized spacial score (nSPS) is 45.8. The Labute approximate surface area is 78.1 Å². The summed E-state index contributed by atoms with van der Waals surface area (Å²) in [6.45, 7) is 2.71. The fraction of sp³-hybridized carbons (Fsp3) is 0.900. The van der Waals surface area contributed by atoms with Crippen LogP contribution in [0.25, 0.3) is 0 Å². The van der Waals surface area contributed by atoms with E-state index in [0.717, 1.165) is 17.7 Å². The van der Waals surface area contributed by atoms with Gasteiger partial charge in [-0.2, -0.15) is 0 Å². The van der Waals surface area contributed by atoms with Crippen LogP contribution in [0.15, 0.2) is 5.16 Å². The summed E-state index contributed by atoms with van der Waals surface area (Å²) < 4.78 is 5.49. The van der Waals surface area contributed by atoms with E-state index in [1.807, 2.05) is 6.92 Å². The Morgan fingerprint density at radius 3 is 3.15 bits per heavy atom. The molecule has 3 heteroatoms. The van der Waals surface area contributed by atoms with Gasteiger partial charge in [0.25, 0.3) is 0 Å². The quantitative estimate of drug-likeness (QED) is 0.617. The van der Waals surface area contributed by atoms with E-state index in [-0.39, 0.29) is 0 Å². The molecule has 0 radical (unpaired) electrons. The summed E-state index contributed by atoms with van der Waals surface area (Å²) >= 11 is 0. The molecule has 1 heterocycles. The van der Waals surface area contributed by atoms with Gasteiger partial charge in [0.05, 0.1) is 12.5 Å². The third kappa shape index (κ3) is 0.930. The van der Waals surface area contributed by atoms with Crippen molar-refractivity contribution in [3.05, 3.63) is 0 Å². The molecule has 0 aromatic carbocycles. The average molecular weight is 181 g/mol. The van der Waals surface area contributed by atoms with Gasteiger partial charge in [0.2, 0.25) is 5.90 Å². The van der Waals surface area contributed by atoms with E-state index in [2.05, 4.69) is 5.16 Å². The minimum Gasteiger partial charge on any atom is -0.479 e. The van der Waals surface area contributed by atoms with Crippen LogP contribution in [0, 0.1) is 17.8 Å². The van der Waals surface area contributed by atoms with Gasteiger partial charge in [-0.3, -0.25) is 0 Å². The minimum absolute atomic E-state index is 0.361. The summed E-state index contributed by atoms with van der Waals surface area (Å²) in [5, 5.41) is 4.05. The molecule has 13 heavy (non-hydrogen) atoms. The van der Waals surface area contributed by atoms with Crippen LogP contribution in [-0.2, 0) is 9.57 Å². The highest BCUT2D eigenvalue weighted by atomic mass is 16.7. The maximum atomic E-state index is 5.49. The van der Waals surface area contributed by atoms with Crippen molar-refractivity contribution in [3.63, 3.8) is 0 Å². The molecule has 72 valence electrons. The molecule has 2 saturated carbocycles. The number of nitrogens with zero attached hydrogens (tertiary/aromatic N) is 1. The summed E-state index contributed by atoms with van der Waals surface area (Å²) in [5.41, 5.74) is 0. The predicted molar refractivity (Wildman–Crippen MR) is 48.3 cm³/mol. The van der Waals surface area contributed by atoms with Gasteiger partial charge in [0, 0.05) is 0 Å². The Kier molecular flexibility index (Phi) is 1.55. The molecule has 3 nitrogen and oxygen atoms in total. The van der Waals surface area contributed by atoms with Gasteiger partial charge in [-0.1, -0.05) is 5.16 Å². The lowest BCUT2D eigenvalue weighted by Gasteiger charge is -2.22. The molecular weight excluding hydrogens is 166 g/mol. The van der Waals surface area contributed by atoms with Crippen LogP contribution in [-0.4, -0.2) is 18.6 Å². The average Bonchev–Trinajstić information content (AvgIpc) is 2.74. The Balaban J connectivity index is 1.81. The van der Waals surface area contributed by atoms with Crippen molar-refractivity contribution in [2.24, 2.45) is 22.9 Å². The first-order valence-corrected chi connectivity index (χ1v) is 5.26. The van der Waals surface area contributed by atoms with Crippen molar-refractivity contribution >= 4 is 5.90 Å². The summed E-state index contributed by atoms with van der Waals surface area (Å²) in [6, 6.07) is 0. The van der Waals surface area contributed by atoms with Crippen molar-refractivity contribution in [3.8, 4) is 0 Å². The van der Waals surface area contributed by atoms with E-state index >= 15 is 0 Å². The second-order valence-corrected chi connectivity index (χ2v) is 4.29. The van der Waals surface area contributed by atoms with Gasteiger partial charge in [0.15, 0.2) is 0 Å². The highest BCUT2D eigenvalue weighted by molar-refractivity contribution is 5.81. The third-order valence-corrected chi connectivity index (χ3v) is 3.68. The minimum atomic E-state index is 0.361. The standard InChI is InChI=1S/C10H15NO2/c1-2-12-10-8-6-3-4-7(5-6)9(8)13-11-10/h6-9H,2-5H2,1H3/t6-,7-,8+,9-/m0/s1. The molecule has 2 bridgehead atoms. The largest absolute Gasteiger partial charge is 0.479 e. The van der Waals surface area contributed by atoms with E-state index in [4.69, 9.17) is 9.57 Å². The number of ether oxygens (including phenoxy) is 1. The summed E-state index contributed by atoms with van der Waals surface area (Å²) in [5.74, 6) is 2.93. The first-order chi connectivity index (χ1) is 6.40. The molecule has 0 saturated heterocycles.